The number of hydrogen-bond donors (Lipinski definition) is 1. The Hall–Kier alpha value is -0.570. The fourth-order valence-corrected chi connectivity index (χ4v) is 1.39. The summed E-state index contributed by atoms with van der Waals surface area (Å²) in [4.78, 5) is 12.1. The molecule has 0 spiro atoms. The number of likely N-dealkylation sites (tertiary alicyclic amines) is 1. The van der Waals surface area contributed by atoms with Gasteiger partial charge in [0, 0.05) is 6.54 Å². The highest BCUT2D eigenvalue weighted by Gasteiger charge is 2.34. The predicted molar refractivity (Wildman–Crippen MR) is 37.5 cm³/mol. The van der Waals surface area contributed by atoms with Gasteiger partial charge in [0.2, 0.25) is 6.41 Å². The van der Waals surface area contributed by atoms with E-state index in [9.17, 15) is 4.79 Å². The van der Waals surface area contributed by atoms with Crippen molar-refractivity contribution in [3.05, 3.63) is 0 Å². The van der Waals surface area contributed by atoms with Crippen LogP contribution in [0.25, 0.3) is 0 Å². The van der Waals surface area contributed by atoms with Crippen molar-refractivity contribution < 1.29 is 9.90 Å². The topological polar surface area (TPSA) is 40.5 Å². The lowest BCUT2D eigenvalue weighted by Gasteiger charge is -2.29. The van der Waals surface area contributed by atoms with Gasteiger partial charge in [0.05, 0.1) is 12.1 Å². The number of aliphatic hydroxyl groups is 1. The minimum absolute atomic E-state index is 0.0751. The van der Waals surface area contributed by atoms with Gasteiger partial charge in [-0.3, -0.25) is 4.79 Å². The lowest BCUT2D eigenvalue weighted by molar-refractivity contribution is -0.122. The number of carbonyl (C=O) groups excluding carboxylic acids is 1. The molecule has 0 aromatic heterocycles. The summed E-state index contributed by atoms with van der Waals surface area (Å²) in [7, 11) is 0. The number of amides is 1. The van der Waals surface area contributed by atoms with E-state index >= 15 is 0 Å². The van der Waals surface area contributed by atoms with Crippen LogP contribution in [0.3, 0.4) is 0 Å². The maximum Gasteiger partial charge on any atom is 0.210 e. The number of rotatable bonds is 2. The van der Waals surface area contributed by atoms with Crippen molar-refractivity contribution in [2.75, 3.05) is 13.2 Å². The molecule has 0 radical (unpaired) electrons. The van der Waals surface area contributed by atoms with E-state index in [2.05, 4.69) is 0 Å². The highest BCUT2D eigenvalue weighted by molar-refractivity contribution is 5.49. The minimum atomic E-state index is -0.276. The highest BCUT2D eigenvalue weighted by Crippen LogP contribution is 2.26. The monoisotopic (exact) mass is 143 g/mol. The molecule has 0 bridgehead atoms. The zero-order valence-corrected chi connectivity index (χ0v) is 6.21. The van der Waals surface area contributed by atoms with E-state index in [1.807, 2.05) is 6.92 Å². The molecule has 1 aliphatic heterocycles. The summed E-state index contributed by atoms with van der Waals surface area (Å²) in [6, 6.07) is 0. The Morgan fingerprint density at radius 2 is 2.50 bits per heavy atom. The van der Waals surface area contributed by atoms with E-state index in [0.29, 0.717) is 0 Å². The quantitative estimate of drug-likeness (QED) is 0.552. The Morgan fingerprint density at radius 3 is 2.90 bits per heavy atom. The summed E-state index contributed by atoms with van der Waals surface area (Å²) in [5.74, 6) is 0. The maximum atomic E-state index is 10.4. The van der Waals surface area contributed by atoms with Crippen molar-refractivity contribution in [2.45, 2.75) is 25.3 Å². The number of aliphatic hydroxyl groups excluding tert-OH is 1. The molecule has 1 aliphatic rings. The molecular weight excluding hydrogens is 130 g/mol. The molecule has 58 valence electrons. The van der Waals surface area contributed by atoms with Crippen LogP contribution in [0.2, 0.25) is 0 Å². The van der Waals surface area contributed by atoms with E-state index in [-0.39, 0.29) is 12.1 Å². The molecule has 3 heteroatoms. The zero-order chi connectivity index (χ0) is 7.61. The Labute approximate surface area is 60.6 Å². The predicted octanol–water partition coefficient (Wildman–Crippen LogP) is -0.0104. The Kier molecular flexibility index (Phi) is 1.94. The van der Waals surface area contributed by atoms with E-state index in [1.165, 1.54) is 0 Å². The summed E-state index contributed by atoms with van der Waals surface area (Å²) in [5.41, 5.74) is -0.276. The van der Waals surface area contributed by atoms with E-state index < -0.39 is 0 Å². The minimum Gasteiger partial charge on any atom is -0.394 e. The van der Waals surface area contributed by atoms with Crippen LogP contribution in [-0.2, 0) is 4.79 Å². The normalized spacial score (nSPS) is 32.8. The van der Waals surface area contributed by atoms with Crippen LogP contribution in [0.1, 0.15) is 19.8 Å². The molecule has 0 aromatic rings. The fraction of sp³-hybridized carbons (Fsp3) is 0.857. The molecule has 0 aromatic carbocycles. The van der Waals surface area contributed by atoms with Gasteiger partial charge in [-0.05, 0) is 19.8 Å². The second-order valence-corrected chi connectivity index (χ2v) is 3.06. The molecule has 1 amide bonds. The van der Waals surface area contributed by atoms with Gasteiger partial charge >= 0.3 is 0 Å². The van der Waals surface area contributed by atoms with Gasteiger partial charge in [-0.15, -0.1) is 0 Å². The Balaban J connectivity index is 2.64. The van der Waals surface area contributed by atoms with E-state index in [0.717, 1.165) is 25.8 Å². The van der Waals surface area contributed by atoms with Crippen molar-refractivity contribution in [1.82, 2.24) is 4.90 Å². The third-order valence-electron chi connectivity index (χ3n) is 2.28. The van der Waals surface area contributed by atoms with Crippen LogP contribution in [0.4, 0.5) is 0 Å². The van der Waals surface area contributed by atoms with Crippen molar-refractivity contribution in [2.24, 2.45) is 0 Å². The molecule has 1 heterocycles. The summed E-state index contributed by atoms with van der Waals surface area (Å²) in [5, 5.41) is 8.93. The first-order valence-corrected chi connectivity index (χ1v) is 3.56. The second-order valence-electron chi connectivity index (χ2n) is 3.06. The van der Waals surface area contributed by atoms with Gasteiger partial charge in [-0.2, -0.15) is 0 Å². The van der Waals surface area contributed by atoms with Crippen LogP contribution in [0.15, 0.2) is 0 Å². The number of nitrogens with zero attached hydrogens (tertiary/aromatic N) is 1. The molecule has 1 fully saturated rings. The third kappa shape index (κ3) is 1.01. The molecule has 10 heavy (non-hydrogen) atoms. The van der Waals surface area contributed by atoms with Crippen LogP contribution in [-0.4, -0.2) is 35.1 Å². The number of carbonyl (C=O) groups is 1. The third-order valence-corrected chi connectivity index (χ3v) is 2.28. The number of hydrogen-bond acceptors (Lipinski definition) is 2. The van der Waals surface area contributed by atoms with Gasteiger partial charge < -0.3 is 10.0 Å². The van der Waals surface area contributed by atoms with Crippen molar-refractivity contribution in [3.63, 3.8) is 0 Å². The van der Waals surface area contributed by atoms with Gasteiger partial charge in [-0.1, -0.05) is 0 Å². The van der Waals surface area contributed by atoms with Gasteiger partial charge in [0.1, 0.15) is 0 Å². The molecular formula is C7H13NO2. The van der Waals surface area contributed by atoms with Crippen molar-refractivity contribution >= 4 is 6.41 Å². The van der Waals surface area contributed by atoms with Gasteiger partial charge in [0.25, 0.3) is 0 Å². The maximum absolute atomic E-state index is 10.4. The molecule has 1 rings (SSSR count). The Bertz CT molecular complexity index is 138. The van der Waals surface area contributed by atoms with Crippen LogP contribution < -0.4 is 0 Å². The first-order chi connectivity index (χ1) is 4.73. The first kappa shape index (κ1) is 7.54. The summed E-state index contributed by atoms with van der Waals surface area (Å²) < 4.78 is 0. The average Bonchev–Trinajstić information content (AvgIpc) is 2.32. The molecule has 3 nitrogen and oxygen atoms in total. The van der Waals surface area contributed by atoms with Gasteiger partial charge in [0.15, 0.2) is 0 Å². The lowest BCUT2D eigenvalue weighted by Crippen LogP contribution is -2.43. The van der Waals surface area contributed by atoms with E-state index in [1.54, 1.807) is 4.90 Å². The molecule has 1 N–H and O–H groups in total. The van der Waals surface area contributed by atoms with Crippen LogP contribution >= 0.6 is 0 Å². The largest absolute Gasteiger partial charge is 0.394 e. The zero-order valence-electron chi connectivity index (χ0n) is 6.21. The molecule has 1 unspecified atom stereocenters. The van der Waals surface area contributed by atoms with Crippen molar-refractivity contribution in [1.29, 1.82) is 0 Å². The molecule has 0 saturated carbocycles. The fourth-order valence-electron chi connectivity index (χ4n) is 1.39. The van der Waals surface area contributed by atoms with Crippen molar-refractivity contribution in [3.8, 4) is 0 Å². The summed E-state index contributed by atoms with van der Waals surface area (Å²) >= 11 is 0. The average molecular weight is 143 g/mol. The molecule has 1 atom stereocenters. The standard InChI is InChI=1S/C7H13NO2/c1-7(5-9)3-2-4-8(7)6-10/h6,9H,2-5H2,1H3. The van der Waals surface area contributed by atoms with Crippen LogP contribution in [0, 0.1) is 0 Å². The smallest absolute Gasteiger partial charge is 0.210 e. The van der Waals surface area contributed by atoms with Gasteiger partial charge in [-0.25, -0.2) is 0 Å². The summed E-state index contributed by atoms with van der Waals surface area (Å²) in [6.07, 6.45) is 2.75. The molecule has 1 saturated heterocycles. The first-order valence-electron chi connectivity index (χ1n) is 3.56. The van der Waals surface area contributed by atoms with Crippen LogP contribution in [0.5, 0.6) is 0 Å². The lowest BCUT2D eigenvalue weighted by atomic mass is 10.0. The Morgan fingerprint density at radius 1 is 1.80 bits per heavy atom. The van der Waals surface area contributed by atoms with E-state index in [4.69, 9.17) is 5.11 Å². The second kappa shape index (κ2) is 2.58. The molecule has 0 aliphatic carbocycles. The highest BCUT2D eigenvalue weighted by atomic mass is 16.3. The summed E-state index contributed by atoms with van der Waals surface area (Å²) in [6.45, 7) is 2.78. The SMILES string of the molecule is CC1(CO)CCCN1C=O.